The first-order chi connectivity index (χ1) is 13.0. The third kappa shape index (κ3) is 3.09. The molecule has 5 heteroatoms. The van der Waals surface area contributed by atoms with Gasteiger partial charge in [-0.15, -0.1) is 11.3 Å². The van der Waals surface area contributed by atoms with E-state index in [0.717, 1.165) is 10.4 Å². The number of thiophene rings is 1. The summed E-state index contributed by atoms with van der Waals surface area (Å²) in [4.78, 5) is 28.5. The molecule has 2 heterocycles. The third-order valence-corrected chi connectivity index (χ3v) is 5.78. The standard InChI is InChI=1S/C22H19NO3S/c1-15-8-10-16(11-9-15)20(24)13-22(26)18-6-2-3-7-19(18)23(21(22)25)14-17-5-4-12-27-17/h2-12,26H,13-14H2,1H3/t22-/m0/s1. The van der Waals surface area contributed by atoms with Gasteiger partial charge in [0.15, 0.2) is 11.4 Å². The first kappa shape index (κ1) is 17.6. The van der Waals surface area contributed by atoms with E-state index in [-0.39, 0.29) is 12.2 Å². The molecule has 0 saturated carbocycles. The second-order valence-electron chi connectivity index (χ2n) is 6.81. The van der Waals surface area contributed by atoms with E-state index in [0.29, 0.717) is 23.4 Å². The van der Waals surface area contributed by atoms with Gasteiger partial charge in [-0.1, -0.05) is 54.1 Å². The fourth-order valence-corrected chi connectivity index (χ4v) is 4.16. The Kier molecular flexibility index (Phi) is 4.42. The molecule has 3 aromatic rings. The second kappa shape index (κ2) is 6.76. The number of hydrogen-bond acceptors (Lipinski definition) is 4. The molecule has 0 bridgehead atoms. The number of benzene rings is 2. The number of ketones is 1. The van der Waals surface area contributed by atoms with E-state index in [2.05, 4.69) is 0 Å². The molecule has 1 amide bonds. The molecule has 0 unspecified atom stereocenters. The summed E-state index contributed by atoms with van der Waals surface area (Å²) >= 11 is 1.56. The average molecular weight is 377 g/mol. The summed E-state index contributed by atoms with van der Waals surface area (Å²) in [5.41, 5.74) is 0.864. The number of aryl methyl sites for hydroxylation is 1. The van der Waals surface area contributed by atoms with Crippen molar-refractivity contribution in [1.29, 1.82) is 0 Å². The Hall–Kier alpha value is -2.76. The normalized spacial score (nSPS) is 18.6. The summed E-state index contributed by atoms with van der Waals surface area (Å²) in [5, 5.41) is 13.2. The molecule has 4 nitrogen and oxygen atoms in total. The number of para-hydroxylation sites is 1. The summed E-state index contributed by atoms with van der Waals surface area (Å²) in [6, 6.07) is 18.2. The van der Waals surface area contributed by atoms with Crippen LogP contribution in [0, 0.1) is 6.92 Å². The number of anilines is 1. The lowest BCUT2D eigenvalue weighted by atomic mass is 9.88. The number of carbonyl (C=O) groups is 2. The lowest BCUT2D eigenvalue weighted by molar-refractivity contribution is -0.136. The highest BCUT2D eigenvalue weighted by Crippen LogP contribution is 2.43. The van der Waals surface area contributed by atoms with Crippen LogP contribution in [0.3, 0.4) is 0 Å². The molecule has 27 heavy (non-hydrogen) atoms. The van der Waals surface area contributed by atoms with Crippen molar-refractivity contribution in [3.8, 4) is 0 Å². The van der Waals surface area contributed by atoms with E-state index < -0.39 is 11.5 Å². The fourth-order valence-electron chi connectivity index (χ4n) is 3.47. The minimum absolute atomic E-state index is 0.251. The molecule has 136 valence electrons. The van der Waals surface area contributed by atoms with E-state index in [4.69, 9.17) is 0 Å². The van der Waals surface area contributed by atoms with Gasteiger partial charge in [0.1, 0.15) is 0 Å². The molecule has 1 atom stereocenters. The number of Topliss-reactive ketones (excluding diaryl/α,β-unsaturated/α-hetero) is 1. The van der Waals surface area contributed by atoms with Gasteiger partial charge < -0.3 is 10.0 Å². The SMILES string of the molecule is Cc1ccc(C(=O)C[C@@]2(O)C(=O)N(Cc3cccs3)c3ccccc32)cc1. The van der Waals surface area contributed by atoms with Crippen LogP contribution in [0.2, 0.25) is 0 Å². The van der Waals surface area contributed by atoms with Crippen LogP contribution in [0.25, 0.3) is 0 Å². The van der Waals surface area contributed by atoms with Crippen LogP contribution in [0.1, 0.15) is 32.8 Å². The van der Waals surface area contributed by atoms with Gasteiger partial charge >= 0.3 is 0 Å². The van der Waals surface area contributed by atoms with Crippen LogP contribution in [0.15, 0.2) is 66.0 Å². The maximum Gasteiger partial charge on any atom is 0.264 e. The van der Waals surface area contributed by atoms with Gasteiger partial charge in [-0.2, -0.15) is 0 Å². The number of rotatable bonds is 5. The molecule has 1 aliphatic rings. The number of amides is 1. The van der Waals surface area contributed by atoms with Gasteiger partial charge in [-0.25, -0.2) is 0 Å². The van der Waals surface area contributed by atoms with Gasteiger partial charge in [0.25, 0.3) is 5.91 Å². The number of nitrogens with zero attached hydrogens (tertiary/aromatic N) is 1. The zero-order chi connectivity index (χ0) is 19.0. The van der Waals surface area contributed by atoms with E-state index in [1.807, 2.05) is 48.7 Å². The van der Waals surface area contributed by atoms with Gasteiger partial charge in [0.05, 0.1) is 18.7 Å². The Labute approximate surface area is 161 Å². The molecule has 4 rings (SSSR count). The molecule has 0 aliphatic carbocycles. The van der Waals surface area contributed by atoms with Crippen LogP contribution in [0.5, 0.6) is 0 Å². The maximum absolute atomic E-state index is 13.2. The van der Waals surface area contributed by atoms with Crippen molar-refractivity contribution in [2.24, 2.45) is 0 Å². The Morgan fingerprint density at radius 1 is 1.07 bits per heavy atom. The van der Waals surface area contributed by atoms with Gasteiger partial charge in [-0.05, 0) is 24.4 Å². The lowest BCUT2D eigenvalue weighted by Gasteiger charge is -2.22. The van der Waals surface area contributed by atoms with Gasteiger partial charge in [-0.3, -0.25) is 9.59 Å². The number of carbonyl (C=O) groups excluding carboxylic acids is 2. The van der Waals surface area contributed by atoms with Crippen molar-refractivity contribution >= 4 is 28.7 Å². The summed E-state index contributed by atoms with van der Waals surface area (Å²) in [6.45, 7) is 2.33. The van der Waals surface area contributed by atoms with E-state index >= 15 is 0 Å². The van der Waals surface area contributed by atoms with E-state index in [9.17, 15) is 14.7 Å². The predicted molar refractivity (Wildman–Crippen MR) is 106 cm³/mol. The smallest absolute Gasteiger partial charge is 0.264 e. The first-order valence-corrected chi connectivity index (χ1v) is 9.63. The highest BCUT2D eigenvalue weighted by molar-refractivity contribution is 7.09. The highest BCUT2D eigenvalue weighted by Gasteiger charge is 2.50. The molecule has 0 saturated heterocycles. The molecule has 2 aromatic carbocycles. The van der Waals surface area contributed by atoms with Crippen LogP contribution >= 0.6 is 11.3 Å². The quantitative estimate of drug-likeness (QED) is 0.682. The van der Waals surface area contributed by atoms with Gasteiger partial charge in [0, 0.05) is 16.0 Å². The zero-order valence-corrected chi connectivity index (χ0v) is 15.7. The van der Waals surface area contributed by atoms with E-state index in [1.165, 1.54) is 0 Å². The molecular formula is C22H19NO3S. The molecule has 1 N–H and O–H groups in total. The molecule has 1 aromatic heterocycles. The minimum Gasteiger partial charge on any atom is -0.375 e. The van der Waals surface area contributed by atoms with Crippen molar-refractivity contribution in [3.05, 3.63) is 87.6 Å². The average Bonchev–Trinajstić information content (AvgIpc) is 3.25. The van der Waals surface area contributed by atoms with Crippen LogP contribution in [-0.2, 0) is 16.9 Å². The minimum atomic E-state index is -1.84. The van der Waals surface area contributed by atoms with Crippen molar-refractivity contribution < 1.29 is 14.7 Å². The Balaban J connectivity index is 1.68. The first-order valence-electron chi connectivity index (χ1n) is 8.75. The van der Waals surface area contributed by atoms with Crippen molar-refractivity contribution in [1.82, 2.24) is 0 Å². The Morgan fingerprint density at radius 2 is 1.81 bits per heavy atom. The fraction of sp³-hybridized carbons (Fsp3) is 0.182. The number of fused-ring (bicyclic) bond motifs is 1. The largest absolute Gasteiger partial charge is 0.375 e. The topological polar surface area (TPSA) is 57.6 Å². The molecule has 0 fully saturated rings. The third-order valence-electron chi connectivity index (χ3n) is 4.92. The lowest BCUT2D eigenvalue weighted by Crippen LogP contribution is -2.41. The summed E-state index contributed by atoms with van der Waals surface area (Å²) in [7, 11) is 0. The highest BCUT2D eigenvalue weighted by atomic mass is 32.1. The van der Waals surface area contributed by atoms with Crippen molar-refractivity contribution in [3.63, 3.8) is 0 Å². The maximum atomic E-state index is 13.2. The van der Waals surface area contributed by atoms with Crippen molar-refractivity contribution in [2.75, 3.05) is 4.90 Å². The molecule has 0 spiro atoms. The summed E-state index contributed by atoms with van der Waals surface area (Å²) in [5.74, 6) is -0.698. The second-order valence-corrected chi connectivity index (χ2v) is 7.85. The molecule has 1 aliphatic heterocycles. The molecule has 0 radical (unpaired) electrons. The predicted octanol–water partition coefficient (Wildman–Crippen LogP) is 4.06. The van der Waals surface area contributed by atoms with Gasteiger partial charge in [0.2, 0.25) is 0 Å². The zero-order valence-electron chi connectivity index (χ0n) is 14.9. The molecular weight excluding hydrogens is 358 g/mol. The van der Waals surface area contributed by atoms with E-state index in [1.54, 1.807) is 40.5 Å². The Morgan fingerprint density at radius 3 is 2.52 bits per heavy atom. The van der Waals surface area contributed by atoms with Crippen LogP contribution in [0.4, 0.5) is 5.69 Å². The number of aliphatic hydroxyl groups is 1. The van der Waals surface area contributed by atoms with Crippen LogP contribution in [-0.4, -0.2) is 16.8 Å². The number of hydrogen-bond donors (Lipinski definition) is 1. The van der Waals surface area contributed by atoms with Crippen molar-refractivity contribution in [2.45, 2.75) is 25.5 Å². The van der Waals surface area contributed by atoms with Crippen LogP contribution < -0.4 is 4.90 Å². The summed E-state index contributed by atoms with van der Waals surface area (Å²) < 4.78 is 0. The summed E-state index contributed by atoms with van der Waals surface area (Å²) in [6.07, 6.45) is -0.271. The Bertz CT molecular complexity index is 995. The monoisotopic (exact) mass is 377 g/mol.